The van der Waals surface area contributed by atoms with Gasteiger partial charge < -0.3 is 15.2 Å². The third-order valence-corrected chi connectivity index (χ3v) is 1.92. The van der Waals surface area contributed by atoms with Crippen LogP contribution in [0.4, 0.5) is 0 Å². The van der Waals surface area contributed by atoms with E-state index in [-0.39, 0.29) is 18.0 Å². The molecule has 0 aromatic heterocycles. The Bertz CT molecular complexity index is 167. The average molecular weight is 188 g/mol. The highest BCUT2D eigenvalue weighted by Gasteiger charge is 2.17. The molecule has 1 unspecified atom stereocenters. The molecule has 0 aromatic carbocycles. The molecule has 3 N–H and O–H groups in total. The molecule has 1 aliphatic heterocycles. The van der Waals surface area contributed by atoms with Crippen molar-refractivity contribution in [1.29, 1.82) is 0 Å². The van der Waals surface area contributed by atoms with Crippen LogP contribution < -0.4 is 11.1 Å². The zero-order valence-corrected chi connectivity index (χ0v) is 7.79. The van der Waals surface area contributed by atoms with Crippen LogP contribution in [0.1, 0.15) is 6.92 Å². The molecule has 76 valence electrons. The summed E-state index contributed by atoms with van der Waals surface area (Å²) in [5, 5.41) is 3.03. The molecule has 1 aliphatic rings. The van der Waals surface area contributed by atoms with Gasteiger partial charge in [-0.3, -0.25) is 10.1 Å². The summed E-state index contributed by atoms with van der Waals surface area (Å²) < 4.78 is 10.5. The Morgan fingerprint density at radius 1 is 1.46 bits per heavy atom. The van der Waals surface area contributed by atoms with E-state index in [0.717, 1.165) is 0 Å². The Morgan fingerprint density at radius 2 is 2.00 bits per heavy atom. The highest BCUT2D eigenvalue weighted by molar-refractivity contribution is 5.79. The number of carbonyl (C=O) groups excluding carboxylic acids is 1. The first-order chi connectivity index (χ1) is 6.20. The number of nitrogens with one attached hydrogen (secondary N) is 1. The zero-order valence-electron chi connectivity index (χ0n) is 7.79. The highest BCUT2D eigenvalue weighted by atomic mass is 16.5. The monoisotopic (exact) mass is 188 g/mol. The maximum absolute atomic E-state index is 10.7. The van der Waals surface area contributed by atoms with Crippen LogP contribution in [0.2, 0.25) is 0 Å². The molecule has 5 nitrogen and oxygen atoms in total. The number of ether oxygens (including phenoxy) is 2. The largest absolute Gasteiger partial charge is 0.377 e. The molecular weight excluding hydrogens is 172 g/mol. The van der Waals surface area contributed by atoms with E-state index in [1.807, 2.05) is 0 Å². The van der Waals surface area contributed by atoms with E-state index in [0.29, 0.717) is 26.4 Å². The molecule has 1 saturated heterocycles. The summed E-state index contributed by atoms with van der Waals surface area (Å²) in [6.07, 6.45) is 0. The number of hydrogen-bond acceptors (Lipinski definition) is 4. The minimum Gasteiger partial charge on any atom is -0.377 e. The second-order valence-corrected chi connectivity index (χ2v) is 3.14. The maximum Gasteiger partial charge on any atom is 0.234 e. The third kappa shape index (κ3) is 3.71. The van der Waals surface area contributed by atoms with Gasteiger partial charge in [-0.15, -0.1) is 0 Å². The van der Waals surface area contributed by atoms with Gasteiger partial charge in [0.1, 0.15) is 0 Å². The minimum absolute atomic E-state index is 0.0602. The molecule has 0 spiro atoms. The van der Waals surface area contributed by atoms with Gasteiger partial charge in [0.25, 0.3) is 0 Å². The predicted molar refractivity (Wildman–Crippen MR) is 47.2 cm³/mol. The van der Waals surface area contributed by atoms with Crippen LogP contribution in [-0.4, -0.2) is 44.4 Å². The molecule has 1 rings (SSSR count). The first-order valence-corrected chi connectivity index (χ1v) is 4.41. The Morgan fingerprint density at radius 3 is 2.46 bits per heavy atom. The number of primary amides is 1. The van der Waals surface area contributed by atoms with Crippen molar-refractivity contribution in [2.45, 2.75) is 19.0 Å². The minimum atomic E-state index is -0.357. The smallest absolute Gasteiger partial charge is 0.234 e. The molecule has 0 bridgehead atoms. The normalized spacial score (nSPS) is 22.2. The number of carbonyl (C=O) groups is 1. The number of rotatable bonds is 3. The van der Waals surface area contributed by atoms with Crippen LogP contribution in [0.5, 0.6) is 0 Å². The predicted octanol–water partition coefficient (Wildman–Crippen LogP) is -1.13. The van der Waals surface area contributed by atoms with Crippen LogP contribution in [0.15, 0.2) is 0 Å². The van der Waals surface area contributed by atoms with E-state index >= 15 is 0 Å². The molecule has 1 fully saturated rings. The summed E-state index contributed by atoms with van der Waals surface area (Å²) >= 11 is 0. The first kappa shape index (κ1) is 10.4. The average Bonchev–Trinajstić information content (AvgIpc) is 2.32. The van der Waals surface area contributed by atoms with Crippen LogP contribution in [0, 0.1) is 0 Å². The fourth-order valence-corrected chi connectivity index (χ4v) is 1.15. The van der Waals surface area contributed by atoms with Crippen LogP contribution in [0.3, 0.4) is 0 Å². The molecule has 1 atom stereocenters. The van der Waals surface area contributed by atoms with Crippen LogP contribution in [-0.2, 0) is 14.3 Å². The molecule has 0 radical (unpaired) electrons. The molecular formula is C8H16N2O3. The summed E-state index contributed by atoms with van der Waals surface area (Å²) in [5.74, 6) is -0.357. The third-order valence-electron chi connectivity index (χ3n) is 1.92. The zero-order chi connectivity index (χ0) is 9.68. The van der Waals surface area contributed by atoms with Gasteiger partial charge >= 0.3 is 0 Å². The van der Waals surface area contributed by atoms with Crippen LogP contribution >= 0.6 is 0 Å². The molecule has 13 heavy (non-hydrogen) atoms. The van der Waals surface area contributed by atoms with E-state index in [9.17, 15) is 4.79 Å². The maximum atomic E-state index is 10.7. The molecule has 5 heteroatoms. The van der Waals surface area contributed by atoms with Gasteiger partial charge in [-0.2, -0.15) is 0 Å². The van der Waals surface area contributed by atoms with Gasteiger partial charge in [0.2, 0.25) is 5.91 Å². The molecule has 1 amide bonds. The summed E-state index contributed by atoms with van der Waals surface area (Å²) in [6, 6.07) is -0.278. The first-order valence-electron chi connectivity index (χ1n) is 4.41. The van der Waals surface area contributed by atoms with Gasteiger partial charge in [-0.1, -0.05) is 0 Å². The van der Waals surface area contributed by atoms with Crippen molar-refractivity contribution in [3.63, 3.8) is 0 Å². The van der Waals surface area contributed by atoms with Crippen molar-refractivity contribution in [2.24, 2.45) is 5.73 Å². The van der Waals surface area contributed by atoms with Crippen molar-refractivity contribution < 1.29 is 14.3 Å². The van der Waals surface area contributed by atoms with Gasteiger partial charge in [-0.05, 0) is 6.92 Å². The van der Waals surface area contributed by atoms with Crippen molar-refractivity contribution in [2.75, 3.05) is 26.4 Å². The Labute approximate surface area is 77.6 Å². The SMILES string of the molecule is CC(NC1COCCOC1)C(N)=O. The van der Waals surface area contributed by atoms with Crippen molar-refractivity contribution >= 4 is 5.91 Å². The van der Waals surface area contributed by atoms with E-state index in [1.54, 1.807) is 6.92 Å². The number of hydrogen-bond donors (Lipinski definition) is 2. The van der Waals surface area contributed by atoms with Crippen molar-refractivity contribution in [1.82, 2.24) is 5.32 Å². The van der Waals surface area contributed by atoms with Gasteiger partial charge in [-0.25, -0.2) is 0 Å². The van der Waals surface area contributed by atoms with Gasteiger partial charge in [0.05, 0.1) is 38.5 Å². The summed E-state index contributed by atoms with van der Waals surface area (Å²) in [7, 11) is 0. The lowest BCUT2D eigenvalue weighted by Gasteiger charge is -2.18. The van der Waals surface area contributed by atoms with E-state index < -0.39 is 0 Å². The summed E-state index contributed by atoms with van der Waals surface area (Å²) in [5.41, 5.74) is 5.11. The quantitative estimate of drug-likeness (QED) is 0.587. The fraction of sp³-hybridized carbons (Fsp3) is 0.875. The molecule has 0 aromatic rings. The second kappa shape index (κ2) is 5.16. The Hall–Kier alpha value is -0.650. The topological polar surface area (TPSA) is 73.6 Å². The Kier molecular flexibility index (Phi) is 4.14. The lowest BCUT2D eigenvalue weighted by atomic mass is 10.2. The molecule has 1 heterocycles. The highest BCUT2D eigenvalue weighted by Crippen LogP contribution is 1.96. The second-order valence-electron chi connectivity index (χ2n) is 3.14. The lowest BCUT2D eigenvalue weighted by Crippen LogP contribution is -2.47. The summed E-state index contributed by atoms with van der Waals surface area (Å²) in [4.78, 5) is 10.7. The molecule has 0 aliphatic carbocycles. The number of amides is 1. The van der Waals surface area contributed by atoms with E-state index in [4.69, 9.17) is 15.2 Å². The Balaban J connectivity index is 2.29. The van der Waals surface area contributed by atoms with E-state index in [2.05, 4.69) is 5.32 Å². The lowest BCUT2D eigenvalue weighted by molar-refractivity contribution is -0.119. The van der Waals surface area contributed by atoms with Crippen LogP contribution in [0.25, 0.3) is 0 Å². The van der Waals surface area contributed by atoms with E-state index in [1.165, 1.54) is 0 Å². The van der Waals surface area contributed by atoms with Gasteiger partial charge in [0, 0.05) is 0 Å². The van der Waals surface area contributed by atoms with Gasteiger partial charge in [0.15, 0.2) is 0 Å². The fourth-order valence-electron chi connectivity index (χ4n) is 1.15. The standard InChI is InChI=1S/C8H16N2O3/c1-6(8(9)11)10-7-4-12-2-3-13-5-7/h6-7,10H,2-5H2,1H3,(H2,9,11). The van der Waals surface area contributed by atoms with Crippen molar-refractivity contribution in [3.8, 4) is 0 Å². The summed E-state index contributed by atoms with van der Waals surface area (Å²) in [6.45, 7) is 4.09. The van der Waals surface area contributed by atoms with Crippen molar-refractivity contribution in [3.05, 3.63) is 0 Å². The molecule has 0 saturated carbocycles. The number of nitrogens with two attached hydrogens (primary N) is 1.